The van der Waals surface area contributed by atoms with Gasteiger partial charge in [-0.25, -0.2) is 8.78 Å². The van der Waals surface area contributed by atoms with Gasteiger partial charge in [-0.3, -0.25) is 0 Å². The number of halogens is 2. The number of alkyl halides is 2. The van der Waals surface area contributed by atoms with Crippen LogP contribution in [0.25, 0.3) is 0 Å². The Morgan fingerprint density at radius 3 is 2.11 bits per heavy atom. The molecule has 0 unspecified atom stereocenters. The first-order valence-electron chi connectivity index (χ1n) is 5.50. The lowest BCUT2D eigenvalue weighted by Crippen LogP contribution is -1.96. The molecule has 0 aliphatic heterocycles. The molecular formula is C14H13F2NO. The van der Waals surface area contributed by atoms with Crippen molar-refractivity contribution in [2.75, 3.05) is 5.73 Å². The Balaban J connectivity index is 1.95. The summed E-state index contributed by atoms with van der Waals surface area (Å²) in [4.78, 5) is 0. The second kappa shape index (κ2) is 5.49. The molecule has 2 rings (SSSR count). The van der Waals surface area contributed by atoms with Gasteiger partial charge in [-0.1, -0.05) is 12.1 Å². The topological polar surface area (TPSA) is 35.2 Å². The van der Waals surface area contributed by atoms with E-state index < -0.39 is 6.43 Å². The van der Waals surface area contributed by atoms with Crippen molar-refractivity contribution in [3.05, 3.63) is 59.7 Å². The van der Waals surface area contributed by atoms with Crippen LogP contribution in [0.4, 0.5) is 14.5 Å². The van der Waals surface area contributed by atoms with Crippen LogP contribution in [0.5, 0.6) is 5.75 Å². The summed E-state index contributed by atoms with van der Waals surface area (Å²) in [6.07, 6.45) is -2.45. The zero-order valence-electron chi connectivity index (χ0n) is 9.64. The van der Waals surface area contributed by atoms with E-state index in [9.17, 15) is 8.78 Å². The standard InChI is InChI=1S/C14H13F2NO/c15-14(16)11-3-7-13(8-4-11)18-9-10-1-5-12(17)6-2-10/h1-8,14H,9,17H2. The SMILES string of the molecule is Nc1ccc(COc2ccc(C(F)F)cc2)cc1. The van der Waals surface area contributed by atoms with Crippen molar-refractivity contribution in [2.45, 2.75) is 13.0 Å². The van der Waals surface area contributed by atoms with Crippen LogP contribution in [-0.2, 0) is 6.61 Å². The van der Waals surface area contributed by atoms with Gasteiger partial charge >= 0.3 is 0 Å². The van der Waals surface area contributed by atoms with Crippen LogP contribution in [0, 0.1) is 0 Å². The van der Waals surface area contributed by atoms with Gasteiger partial charge in [0.05, 0.1) is 0 Å². The molecular weight excluding hydrogens is 236 g/mol. The molecule has 0 atom stereocenters. The number of hydrogen-bond acceptors (Lipinski definition) is 2. The molecule has 0 radical (unpaired) electrons. The molecule has 4 heteroatoms. The van der Waals surface area contributed by atoms with Gasteiger partial charge < -0.3 is 10.5 Å². The maximum absolute atomic E-state index is 12.3. The molecule has 0 saturated heterocycles. The molecule has 18 heavy (non-hydrogen) atoms. The van der Waals surface area contributed by atoms with Crippen LogP contribution in [-0.4, -0.2) is 0 Å². The molecule has 0 bridgehead atoms. The third-order valence-corrected chi connectivity index (χ3v) is 2.52. The molecule has 0 aliphatic carbocycles. The minimum atomic E-state index is -2.45. The van der Waals surface area contributed by atoms with E-state index in [-0.39, 0.29) is 5.56 Å². The van der Waals surface area contributed by atoms with E-state index in [2.05, 4.69) is 0 Å². The number of hydrogen-bond donors (Lipinski definition) is 1. The number of nitrogens with two attached hydrogens (primary N) is 1. The molecule has 0 saturated carbocycles. The third kappa shape index (κ3) is 3.20. The smallest absolute Gasteiger partial charge is 0.263 e. The third-order valence-electron chi connectivity index (χ3n) is 2.52. The summed E-state index contributed by atoms with van der Waals surface area (Å²) in [7, 11) is 0. The minimum Gasteiger partial charge on any atom is -0.489 e. The first-order valence-corrected chi connectivity index (χ1v) is 5.50. The summed E-state index contributed by atoms with van der Waals surface area (Å²) >= 11 is 0. The second-order valence-electron chi connectivity index (χ2n) is 3.90. The van der Waals surface area contributed by atoms with E-state index in [1.54, 1.807) is 24.3 Å². The molecule has 94 valence electrons. The fourth-order valence-corrected chi connectivity index (χ4v) is 1.49. The van der Waals surface area contributed by atoms with Crippen LogP contribution in [0.2, 0.25) is 0 Å². The lowest BCUT2D eigenvalue weighted by Gasteiger charge is -2.07. The summed E-state index contributed by atoms with van der Waals surface area (Å²) in [5.41, 5.74) is 7.23. The summed E-state index contributed by atoms with van der Waals surface area (Å²) in [5, 5.41) is 0. The Hall–Kier alpha value is -2.10. The maximum Gasteiger partial charge on any atom is 0.263 e. The fraction of sp³-hybridized carbons (Fsp3) is 0.143. The lowest BCUT2D eigenvalue weighted by atomic mass is 10.2. The van der Waals surface area contributed by atoms with E-state index in [0.29, 0.717) is 18.0 Å². The van der Waals surface area contributed by atoms with Crippen molar-refractivity contribution < 1.29 is 13.5 Å². The van der Waals surface area contributed by atoms with Gasteiger partial charge in [0.2, 0.25) is 0 Å². The minimum absolute atomic E-state index is 0.00478. The zero-order valence-corrected chi connectivity index (χ0v) is 9.64. The Morgan fingerprint density at radius 2 is 1.56 bits per heavy atom. The number of rotatable bonds is 4. The molecule has 2 N–H and O–H groups in total. The summed E-state index contributed by atoms with van der Waals surface area (Å²) in [6.45, 7) is 0.383. The van der Waals surface area contributed by atoms with Gasteiger partial charge in [-0.15, -0.1) is 0 Å². The van der Waals surface area contributed by atoms with Crippen molar-refractivity contribution in [3.8, 4) is 5.75 Å². The van der Waals surface area contributed by atoms with Crippen molar-refractivity contribution in [1.82, 2.24) is 0 Å². The largest absolute Gasteiger partial charge is 0.489 e. The van der Waals surface area contributed by atoms with Gasteiger partial charge in [0.1, 0.15) is 12.4 Å². The van der Waals surface area contributed by atoms with Crippen LogP contribution < -0.4 is 10.5 Å². The Bertz CT molecular complexity index is 494. The molecule has 0 amide bonds. The summed E-state index contributed by atoms with van der Waals surface area (Å²) in [5.74, 6) is 0.566. The van der Waals surface area contributed by atoms with Crippen molar-refractivity contribution >= 4 is 5.69 Å². The Kier molecular flexibility index (Phi) is 3.77. The molecule has 2 aromatic carbocycles. The van der Waals surface area contributed by atoms with E-state index in [1.165, 1.54) is 12.1 Å². The molecule has 0 fully saturated rings. The highest BCUT2D eigenvalue weighted by Gasteiger charge is 2.06. The first-order chi connectivity index (χ1) is 8.65. The normalized spacial score (nSPS) is 10.6. The molecule has 0 aromatic heterocycles. The van der Waals surface area contributed by atoms with Gasteiger partial charge in [-0.05, 0) is 42.0 Å². The Labute approximate surface area is 104 Å². The van der Waals surface area contributed by atoms with Crippen LogP contribution in [0.1, 0.15) is 17.6 Å². The van der Waals surface area contributed by atoms with Crippen molar-refractivity contribution in [1.29, 1.82) is 0 Å². The van der Waals surface area contributed by atoms with Gasteiger partial charge in [0.15, 0.2) is 0 Å². The first kappa shape index (κ1) is 12.4. The predicted octanol–water partition coefficient (Wildman–Crippen LogP) is 3.79. The lowest BCUT2D eigenvalue weighted by molar-refractivity contribution is 0.151. The number of ether oxygens (including phenoxy) is 1. The van der Waals surface area contributed by atoms with Crippen LogP contribution >= 0.6 is 0 Å². The molecule has 2 nitrogen and oxygen atoms in total. The van der Waals surface area contributed by atoms with Gasteiger partial charge in [-0.2, -0.15) is 0 Å². The Morgan fingerprint density at radius 1 is 0.944 bits per heavy atom. The highest BCUT2D eigenvalue weighted by Crippen LogP contribution is 2.22. The van der Waals surface area contributed by atoms with Crippen molar-refractivity contribution in [2.24, 2.45) is 0 Å². The van der Waals surface area contributed by atoms with Gasteiger partial charge in [0.25, 0.3) is 6.43 Å². The van der Waals surface area contributed by atoms with Crippen LogP contribution in [0.15, 0.2) is 48.5 Å². The fourth-order valence-electron chi connectivity index (χ4n) is 1.49. The number of nitrogen functional groups attached to an aromatic ring is 1. The molecule has 2 aromatic rings. The van der Waals surface area contributed by atoms with Crippen molar-refractivity contribution in [3.63, 3.8) is 0 Å². The highest BCUT2D eigenvalue weighted by atomic mass is 19.3. The van der Waals surface area contributed by atoms with Crippen LogP contribution in [0.3, 0.4) is 0 Å². The molecule has 0 heterocycles. The monoisotopic (exact) mass is 249 g/mol. The number of anilines is 1. The van der Waals surface area contributed by atoms with E-state index in [1.807, 2.05) is 12.1 Å². The number of benzene rings is 2. The maximum atomic E-state index is 12.3. The predicted molar refractivity (Wildman–Crippen MR) is 66.6 cm³/mol. The second-order valence-corrected chi connectivity index (χ2v) is 3.90. The highest BCUT2D eigenvalue weighted by molar-refractivity contribution is 5.39. The zero-order chi connectivity index (χ0) is 13.0. The van der Waals surface area contributed by atoms with E-state index >= 15 is 0 Å². The summed E-state index contributed by atoms with van der Waals surface area (Å²) < 4.78 is 30.2. The average molecular weight is 249 g/mol. The van der Waals surface area contributed by atoms with E-state index in [0.717, 1.165) is 5.56 Å². The quantitative estimate of drug-likeness (QED) is 0.837. The summed E-state index contributed by atoms with van der Waals surface area (Å²) in [6, 6.07) is 13.1. The van der Waals surface area contributed by atoms with Gasteiger partial charge in [0, 0.05) is 11.3 Å². The molecule has 0 spiro atoms. The van der Waals surface area contributed by atoms with E-state index in [4.69, 9.17) is 10.5 Å². The molecule has 0 aliphatic rings. The average Bonchev–Trinajstić information content (AvgIpc) is 2.38.